The highest BCUT2D eigenvalue weighted by atomic mass is 15.2. The fourth-order valence-corrected chi connectivity index (χ4v) is 21.3. The van der Waals surface area contributed by atoms with Crippen molar-refractivity contribution in [1.82, 2.24) is 9.13 Å². The van der Waals surface area contributed by atoms with Crippen molar-refractivity contribution >= 4 is 101 Å². The number of nitrogens with zero attached hydrogens (tertiary/aromatic N) is 4. The Balaban J connectivity index is 0.969. The summed E-state index contributed by atoms with van der Waals surface area (Å²) in [5.41, 5.74) is 35.4. The Labute approximate surface area is 819 Å². The van der Waals surface area contributed by atoms with Gasteiger partial charge in [0.1, 0.15) is 0 Å². The average molecular weight is 1780 g/mol. The van der Waals surface area contributed by atoms with E-state index in [1.54, 1.807) is 0 Å². The van der Waals surface area contributed by atoms with Crippen LogP contribution in [0.5, 0.6) is 0 Å². The third kappa shape index (κ3) is 16.7. The predicted molar refractivity (Wildman–Crippen MR) is 592 cm³/mol. The zero-order chi connectivity index (χ0) is 99.1. The fraction of sp³-hybridized carbons (Fsp3) is 0.227. The Kier molecular flexibility index (Phi) is 20.7. The van der Waals surface area contributed by atoms with E-state index in [-0.39, 0.29) is 21.7 Å². The molecule has 0 saturated carbocycles. The summed E-state index contributed by atoms with van der Waals surface area (Å²) in [4.78, 5) is 5.33. The topological polar surface area (TPSA) is 16.3 Å². The van der Waals surface area contributed by atoms with E-state index in [0.717, 1.165) is 222 Å². The lowest BCUT2D eigenvalue weighted by molar-refractivity contribution is 0.411. The first-order valence-corrected chi connectivity index (χ1v) is 49.1. The lowest BCUT2D eigenvalue weighted by Crippen LogP contribution is -2.61. The number of hydrogen-bond donors (Lipinski definition) is 0. The molecule has 4 nitrogen and oxygen atoms in total. The van der Waals surface area contributed by atoms with Crippen LogP contribution < -0.4 is 26.2 Å². The molecule has 17 aromatic carbocycles. The summed E-state index contributed by atoms with van der Waals surface area (Å²) in [6.45, 7) is 46.4. The summed E-state index contributed by atoms with van der Waals surface area (Å²) < 4.78 is 48.1. The van der Waals surface area contributed by atoms with Gasteiger partial charge in [0, 0.05) is 83.4 Å². The fourth-order valence-electron chi connectivity index (χ4n) is 21.3. The zero-order valence-corrected chi connectivity index (χ0v) is 83.5. The van der Waals surface area contributed by atoms with Crippen molar-refractivity contribution in [3.63, 3.8) is 0 Å². The van der Waals surface area contributed by atoms with Crippen LogP contribution in [0.15, 0.2) is 364 Å². The van der Waals surface area contributed by atoms with E-state index in [1.807, 2.05) is 41.5 Å². The molecular formula is C132H127BN4. The Morgan fingerprint density at radius 2 is 0.474 bits per heavy atom. The molecule has 678 valence electrons. The van der Waals surface area contributed by atoms with Gasteiger partial charge in [-0.1, -0.05) is 400 Å². The number of hydrogen-bond acceptors (Lipinski definition) is 2. The van der Waals surface area contributed by atoms with Gasteiger partial charge in [-0.2, -0.15) is 0 Å². The SMILES string of the molecule is [2H]C([2H])(c1cc(-c2cccc(C(C)(C)C)c2)c(N2c3cc(-n4c5ccc(-c6ccccc6)cc5c5cc(-c6ccccc6)ccc54)ccc3B3c4ccc(-n5c6ccc(-c7ccccc7)cc6c6cc(-c7ccccc7)ccc65)cc4N(c4c(-c5cccc(C(C)(C)C)c5)cc(C([2H])([2H])C(C)(C)C)cc4-c4cccc(C(C)(C)C)c4)c4cc(C(C)(C)C)cc2c43)c(-c2cccc(C(C)(C)C)c2)c1)C(C)(C)C. The van der Waals surface area contributed by atoms with Gasteiger partial charge in [0.15, 0.2) is 0 Å². The summed E-state index contributed by atoms with van der Waals surface area (Å²) >= 11 is 0. The number of anilines is 6. The normalized spacial score (nSPS) is 13.8. The second-order valence-corrected chi connectivity index (χ2v) is 45.7. The van der Waals surface area contributed by atoms with Crippen molar-refractivity contribution in [1.29, 1.82) is 0 Å². The minimum Gasteiger partial charge on any atom is -0.310 e. The molecule has 0 saturated heterocycles. The summed E-state index contributed by atoms with van der Waals surface area (Å²) in [5.74, 6) is 0. The van der Waals surface area contributed by atoms with Crippen molar-refractivity contribution in [3.8, 4) is 100 Å². The first-order chi connectivity index (χ1) is 66.8. The van der Waals surface area contributed by atoms with Gasteiger partial charge in [-0.3, -0.25) is 0 Å². The highest BCUT2D eigenvalue weighted by Crippen LogP contribution is 2.57. The Morgan fingerprint density at radius 1 is 0.219 bits per heavy atom. The van der Waals surface area contributed by atoms with Crippen molar-refractivity contribution in [2.75, 3.05) is 9.80 Å². The molecule has 21 rings (SSSR count). The molecule has 2 aliphatic heterocycles. The van der Waals surface area contributed by atoms with E-state index in [4.69, 9.17) is 0 Å². The summed E-state index contributed by atoms with van der Waals surface area (Å²) in [6.07, 6.45) is -3.73. The third-order valence-electron chi connectivity index (χ3n) is 28.2. The number of aromatic nitrogens is 2. The first-order valence-electron chi connectivity index (χ1n) is 51.1. The van der Waals surface area contributed by atoms with Crippen LogP contribution >= 0.6 is 0 Å². The van der Waals surface area contributed by atoms with Gasteiger partial charge >= 0.3 is 0 Å². The van der Waals surface area contributed by atoms with Gasteiger partial charge < -0.3 is 18.9 Å². The molecule has 2 aliphatic rings. The smallest absolute Gasteiger partial charge is 0.252 e. The molecule has 5 heteroatoms. The van der Waals surface area contributed by atoms with Crippen LogP contribution in [0.3, 0.4) is 0 Å². The predicted octanol–water partition coefficient (Wildman–Crippen LogP) is 35.0. The van der Waals surface area contributed by atoms with Crippen LogP contribution in [0, 0.1) is 10.8 Å². The number of rotatable bonds is 14. The summed E-state index contributed by atoms with van der Waals surface area (Å²) in [6, 6.07) is 137. The van der Waals surface area contributed by atoms with Crippen LogP contribution in [-0.2, 0) is 39.8 Å². The van der Waals surface area contributed by atoms with Crippen LogP contribution in [0.4, 0.5) is 34.1 Å². The minimum absolute atomic E-state index is 0.284. The molecular weight excluding hydrogens is 1650 g/mol. The lowest BCUT2D eigenvalue weighted by Gasteiger charge is -2.46. The van der Waals surface area contributed by atoms with Gasteiger partial charge in [-0.15, -0.1) is 0 Å². The largest absolute Gasteiger partial charge is 0.310 e. The maximum Gasteiger partial charge on any atom is 0.252 e. The van der Waals surface area contributed by atoms with Crippen LogP contribution in [0.2, 0.25) is 0 Å². The minimum atomic E-state index is -1.87. The van der Waals surface area contributed by atoms with Crippen molar-refractivity contribution in [2.45, 2.75) is 185 Å². The molecule has 0 unspecified atom stereocenters. The third-order valence-corrected chi connectivity index (χ3v) is 28.2. The molecule has 2 aromatic heterocycles. The van der Waals surface area contributed by atoms with Gasteiger partial charge in [0.2, 0.25) is 0 Å². The van der Waals surface area contributed by atoms with Gasteiger partial charge in [0.05, 0.1) is 33.4 Å². The average Bonchev–Trinajstić information content (AvgIpc) is 1.06. The number of fused-ring (bicyclic) bond motifs is 10. The number of benzene rings is 17. The summed E-state index contributed by atoms with van der Waals surface area (Å²) in [7, 11) is 0. The van der Waals surface area contributed by atoms with E-state index in [2.05, 4.69) is 487 Å². The standard InChI is InChI=1S/C132H127BN4/c1-126(2,3)82-84-66-105(94-46-34-50-98(70-94)128(7,8)9)124(106(67-84)95-47-35-51-99(71-95)129(10,11)12)136-119-80-103(134-115-62-54-90(86-38-26-22-27-39-86)74-109(115)110-75-91(55-63-116(110)134)87-40-28-23-29-41-87)58-60-113(119)133-114-61-59-104(135-117-64-56-92(88-42-30-24-31-43-88)76-111(117)112-77-93(57-65-118(112)135)89-44-32-25-33-45-89)81-120(114)137(122-79-102(132(19,20)21)78-121(136)123(122)133)125-107(96-48-36-52-100(72-96)130(13,14)15)68-85(83-127(4,5)6)69-108(125)97-49-37-53-101(73-97)131(16,17)18/h22-81H,82-83H2,1-21H3/i82D2,83D2. The van der Waals surface area contributed by atoms with Crippen molar-refractivity contribution in [3.05, 3.63) is 403 Å². The highest BCUT2D eigenvalue weighted by molar-refractivity contribution is 7.00. The van der Waals surface area contributed by atoms with Crippen LogP contribution in [-0.4, -0.2) is 15.8 Å². The van der Waals surface area contributed by atoms with Crippen molar-refractivity contribution < 1.29 is 5.48 Å². The molecule has 4 heterocycles. The molecule has 0 fully saturated rings. The van der Waals surface area contributed by atoms with Gasteiger partial charge in [-0.05, 0) is 282 Å². The Morgan fingerprint density at radius 3 is 0.723 bits per heavy atom. The molecule has 0 N–H and O–H groups in total. The van der Waals surface area contributed by atoms with E-state index in [1.165, 1.54) is 0 Å². The van der Waals surface area contributed by atoms with Gasteiger partial charge in [-0.25, -0.2) is 0 Å². The molecule has 0 atom stereocenters. The monoisotopic (exact) mass is 1780 g/mol. The molecule has 0 bridgehead atoms. The van der Waals surface area contributed by atoms with Gasteiger partial charge in [0.25, 0.3) is 6.71 Å². The zero-order valence-electron chi connectivity index (χ0n) is 87.5. The molecule has 137 heavy (non-hydrogen) atoms. The van der Waals surface area contributed by atoms with Crippen LogP contribution in [0.25, 0.3) is 144 Å². The second kappa shape index (κ2) is 33.5. The van der Waals surface area contributed by atoms with E-state index < -0.39 is 35.7 Å². The maximum atomic E-state index is 10.8. The Bertz CT molecular complexity index is 7370. The van der Waals surface area contributed by atoms with E-state index in [9.17, 15) is 5.48 Å². The van der Waals surface area contributed by atoms with Crippen molar-refractivity contribution in [2.24, 2.45) is 10.8 Å². The summed E-state index contributed by atoms with van der Waals surface area (Å²) in [5, 5.41) is 4.55. The first kappa shape index (κ1) is 84.7. The second-order valence-electron chi connectivity index (χ2n) is 45.7. The quantitative estimate of drug-likeness (QED) is 0.101. The van der Waals surface area contributed by atoms with Crippen LogP contribution in [0.1, 0.15) is 190 Å². The molecule has 0 spiro atoms. The molecule has 0 aliphatic carbocycles. The van der Waals surface area contributed by atoms with E-state index >= 15 is 0 Å². The maximum absolute atomic E-state index is 10.8. The van der Waals surface area contributed by atoms with E-state index in [0.29, 0.717) is 11.1 Å². The lowest BCUT2D eigenvalue weighted by atomic mass is 9.33. The molecule has 0 radical (unpaired) electrons. The molecule has 0 amide bonds. The highest BCUT2D eigenvalue weighted by Gasteiger charge is 2.47. The Hall–Kier alpha value is -14.0. The molecule has 19 aromatic rings.